The summed E-state index contributed by atoms with van der Waals surface area (Å²) in [6.07, 6.45) is 1.22. The van der Waals surface area contributed by atoms with Crippen LogP contribution < -0.4 is 0 Å². The van der Waals surface area contributed by atoms with Gasteiger partial charge in [-0.05, 0) is 24.5 Å². The van der Waals surface area contributed by atoms with Gasteiger partial charge in [0.05, 0.1) is 5.56 Å². The van der Waals surface area contributed by atoms with Gasteiger partial charge in [-0.25, -0.2) is 4.98 Å². The van der Waals surface area contributed by atoms with E-state index in [0.717, 1.165) is 0 Å². The molecule has 6 heteroatoms. The fourth-order valence-corrected chi connectivity index (χ4v) is 1.91. The molecule has 0 bridgehead atoms. The van der Waals surface area contributed by atoms with Gasteiger partial charge in [0.2, 0.25) is 5.82 Å². The zero-order valence-corrected chi connectivity index (χ0v) is 12.6. The maximum Gasteiger partial charge on any atom is 0.276 e. The lowest BCUT2D eigenvalue weighted by Crippen LogP contribution is -2.22. The Bertz CT molecular complexity index is 635. The summed E-state index contributed by atoms with van der Waals surface area (Å²) < 4.78 is 11.0. The molecule has 0 saturated heterocycles. The zero-order valence-electron chi connectivity index (χ0n) is 12.6. The summed E-state index contributed by atoms with van der Waals surface area (Å²) in [6, 6.07) is 5.36. The van der Waals surface area contributed by atoms with Gasteiger partial charge in [-0.2, -0.15) is 10.2 Å². The maximum atomic E-state index is 8.77. The highest BCUT2D eigenvalue weighted by molar-refractivity contribution is 5.47. The highest BCUT2D eigenvalue weighted by Crippen LogP contribution is 2.35. The number of rotatable bonds is 4. The summed E-state index contributed by atoms with van der Waals surface area (Å²) >= 11 is 0. The first-order valence-electron chi connectivity index (χ1n) is 6.77. The third-order valence-corrected chi connectivity index (χ3v) is 2.91. The lowest BCUT2D eigenvalue weighted by atomic mass is 9.88. The molecule has 6 nitrogen and oxygen atoms in total. The summed E-state index contributed by atoms with van der Waals surface area (Å²) in [4.78, 5) is 8.51. The molecule has 0 radical (unpaired) electrons. The second-order valence-corrected chi connectivity index (χ2v) is 5.70. The van der Waals surface area contributed by atoms with Crippen molar-refractivity contribution in [2.75, 3.05) is 6.61 Å². The number of hydrogen-bond donors (Lipinski definition) is 0. The lowest BCUT2D eigenvalue weighted by Gasteiger charge is -2.27. The Labute approximate surface area is 123 Å². The Kier molecular flexibility index (Phi) is 4.34. The topological polar surface area (TPSA) is 84.8 Å². The SMILES string of the molecule is CCOC(c1noc(-c2ccc(C#N)cn2)n1)C(C)(C)C. The Morgan fingerprint density at radius 1 is 1.38 bits per heavy atom. The van der Waals surface area contributed by atoms with E-state index in [9.17, 15) is 0 Å². The number of hydrogen-bond acceptors (Lipinski definition) is 6. The number of aromatic nitrogens is 3. The van der Waals surface area contributed by atoms with E-state index in [4.69, 9.17) is 14.5 Å². The summed E-state index contributed by atoms with van der Waals surface area (Å²) in [7, 11) is 0. The Morgan fingerprint density at radius 2 is 2.14 bits per heavy atom. The second kappa shape index (κ2) is 6.02. The minimum atomic E-state index is -0.251. The van der Waals surface area contributed by atoms with E-state index < -0.39 is 0 Å². The van der Waals surface area contributed by atoms with Gasteiger partial charge >= 0.3 is 0 Å². The fourth-order valence-electron chi connectivity index (χ4n) is 1.91. The largest absolute Gasteiger partial charge is 0.370 e. The molecule has 110 valence electrons. The number of pyridine rings is 1. The van der Waals surface area contributed by atoms with E-state index in [0.29, 0.717) is 29.6 Å². The summed E-state index contributed by atoms with van der Waals surface area (Å²) in [5, 5.41) is 12.8. The minimum absolute atomic E-state index is 0.144. The molecular weight excluding hydrogens is 268 g/mol. The average Bonchev–Trinajstić information content (AvgIpc) is 2.93. The molecule has 2 aromatic rings. The molecule has 0 aliphatic heterocycles. The van der Waals surface area contributed by atoms with Crippen molar-refractivity contribution in [3.63, 3.8) is 0 Å². The second-order valence-electron chi connectivity index (χ2n) is 5.70. The van der Waals surface area contributed by atoms with E-state index in [1.165, 1.54) is 6.20 Å². The number of nitriles is 1. The maximum absolute atomic E-state index is 8.77. The quantitative estimate of drug-likeness (QED) is 0.858. The smallest absolute Gasteiger partial charge is 0.276 e. The van der Waals surface area contributed by atoms with Crippen molar-refractivity contribution in [3.8, 4) is 17.7 Å². The Hall–Kier alpha value is -2.26. The van der Waals surface area contributed by atoms with Crippen LogP contribution in [-0.2, 0) is 4.74 Å². The monoisotopic (exact) mass is 286 g/mol. The van der Waals surface area contributed by atoms with Crippen LogP contribution in [0.3, 0.4) is 0 Å². The predicted octanol–water partition coefficient (Wildman–Crippen LogP) is 3.13. The summed E-state index contributed by atoms with van der Waals surface area (Å²) in [5.74, 6) is 0.828. The van der Waals surface area contributed by atoms with Gasteiger partial charge in [0.25, 0.3) is 5.89 Å². The molecule has 1 atom stereocenters. The first-order chi connectivity index (χ1) is 9.95. The van der Waals surface area contributed by atoms with Crippen molar-refractivity contribution in [1.82, 2.24) is 15.1 Å². The van der Waals surface area contributed by atoms with Crippen LogP contribution in [0.25, 0.3) is 11.6 Å². The van der Waals surface area contributed by atoms with Gasteiger partial charge < -0.3 is 9.26 Å². The van der Waals surface area contributed by atoms with Crippen molar-refractivity contribution in [3.05, 3.63) is 29.7 Å². The molecule has 0 aliphatic carbocycles. The van der Waals surface area contributed by atoms with Crippen LogP contribution in [0.15, 0.2) is 22.9 Å². The van der Waals surface area contributed by atoms with E-state index >= 15 is 0 Å². The van der Waals surface area contributed by atoms with Crippen LogP contribution in [0, 0.1) is 16.7 Å². The third kappa shape index (κ3) is 3.44. The van der Waals surface area contributed by atoms with E-state index in [1.54, 1.807) is 12.1 Å². The van der Waals surface area contributed by atoms with E-state index in [-0.39, 0.29) is 11.5 Å². The summed E-state index contributed by atoms with van der Waals surface area (Å²) in [5.41, 5.74) is 0.882. The molecule has 1 unspecified atom stereocenters. The van der Waals surface area contributed by atoms with Crippen LogP contribution in [-0.4, -0.2) is 21.7 Å². The van der Waals surface area contributed by atoms with Gasteiger partial charge in [0, 0.05) is 12.8 Å². The molecule has 0 amide bonds. The zero-order chi connectivity index (χ0) is 15.5. The van der Waals surface area contributed by atoms with Crippen LogP contribution in [0.2, 0.25) is 0 Å². The van der Waals surface area contributed by atoms with E-state index in [2.05, 4.69) is 35.9 Å². The normalized spacial score (nSPS) is 12.9. The third-order valence-electron chi connectivity index (χ3n) is 2.91. The number of nitrogens with zero attached hydrogens (tertiary/aromatic N) is 4. The van der Waals surface area contributed by atoms with Gasteiger partial charge in [0.1, 0.15) is 17.9 Å². The summed E-state index contributed by atoms with van der Waals surface area (Å²) in [6.45, 7) is 8.68. The average molecular weight is 286 g/mol. The molecule has 0 aromatic carbocycles. The molecule has 0 fully saturated rings. The van der Waals surface area contributed by atoms with Gasteiger partial charge in [-0.1, -0.05) is 25.9 Å². The Morgan fingerprint density at radius 3 is 2.67 bits per heavy atom. The highest BCUT2D eigenvalue weighted by atomic mass is 16.5. The van der Waals surface area contributed by atoms with Gasteiger partial charge in [-0.3, -0.25) is 0 Å². The minimum Gasteiger partial charge on any atom is -0.370 e. The van der Waals surface area contributed by atoms with Crippen molar-refractivity contribution in [2.45, 2.75) is 33.8 Å². The van der Waals surface area contributed by atoms with Crippen LogP contribution in [0.5, 0.6) is 0 Å². The lowest BCUT2D eigenvalue weighted by molar-refractivity contribution is -0.0203. The Balaban J connectivity index is 2.29. The van der Waals surface area contributed by atoms with Crippen molar-refractivity contribution >= 4 is 0 Å². The standard InChI is InChI=1S/C15H18N4O2/c1-5-20-12(15(2,3)4)13-18-14(21-19-13)11-7-6-10(8-16)9-17-11/h6-7,9,12H,5H2,1-4H3. The van der Waals surface area contributed by atoms with E-state index in [1.807, 2.05) is 13.0 Å². The molecule has 2 aromatic heterocycles. The van der Waals surface area contributed by atoms with Gasteiger partial charge in [-0.15, -0.1) is 0 Å². The molecule has 0 aliphatic rings. The fraction of sp³-hybridized carbons (Fsp3) is 0.467. The first-order valence-corrected chi connectivity index (χ1v) is 6.77. The van der Waals surface area contributed by atoms with Crippen LogP contribution >= 0.6 is 0 Å². The molecule has 0 saturated carbocycles. The molecule has 2 heterocycles. The number of ether oxygens (including phenoxy) is 1. The van der Waals surface area contributed by atoms with Crippen molar-refractivity contribution < 1.29 is 9.26 Å². The molecule has 21 heavy (non-hydrogen) atoms. The first kappa shape index (κ1) is 15.1. The molecule has 2 rings (SSSR count). The van der Waals surface area contributed by atoms with Crippen LogP contribution in [0.1, 0.15) is 45.2 Å². The molecule has 0 spiro atoms. The van der Waals surface area contributed by atoms with Gasteiger partial charge in [0.15, 0.2) is 0 Å². The van der Waals surface area contributed by atoms with Crippen molar-refractivity contribution in [2.24, 2.45) is 5.41 Å². The molecular formula is C15H18N4O2. The highest BCUT2D eigenvalue weighted by Gasteiger charge is 2.31. The van der Waals surface area contributed by atoms with Crippen LogP contribution in [0.4, 0.5) is 0 Å². The predicted molar refractivity (Wildman–Crippen MR) is 76.1 cm³/mol. The van der Waals surface area contributed by atoms with Crippen molar-refractivity contribution in [1.29, 1.82) is 5.26 Å². The molecule has 0 N–H and O–H groups in total.